The normalized spacial score (nSPS) is 18.8. The summed E-state index contributed by atoms with van der Waals surface area (Å²) in [7, 11) is 0. The number of hydrogen-bond donors (Lipinski definition) is 2. The summed E-state index contributed by atoms with van der Waals surface area (Å²) in [5, 5.41) is 3.03. The number of amides is 1. The first kappa shape index (κ1) is 12.0. The third kappa shape index (κ3) is 2.44. The minimum Gasteiger partial charge on any atom is -0.368 e. The van der Waals surface area contributed by atoms with Crippen molar-refractivity contribution in [3.63, 3.8) is 0 Å². The van der Waals surface area contributed by atoms with E-state index in [4.69, 9.17) is 5.73 Å². The number of hydrogen-bond acceptors (Lipinski definition) is 2. The van der Waals surface area contributed by atoms with E-state index >= 15 is 0 Å². The predicted molar refractivity (Wildman–Crippen MR) is 59.1 cm³/mol. The summed E-state index contributed by atoms with van der Waals surface area (Å²) >= 11 is 0. The van der Waals surface area contributed by atoms with E-state index in [1.54, 1.807) is 6.92 Å². The number of primary amides is 1. The maximum Gasteiger partial charge on any atom is 0.242 e. The van der Waals surface area contributed by atoms with Gasteiger partial charge in [-0.25, -0.2) is 8.78 Å². The van der Waals surface area contributed by atoms with E-state index in [0.717, 1.165) is 31.0 Å². The Kier molecular flexibility index (Phi) is 2.87. The van der Waals surface area contributed by atoms with Crippen molar-refractivity contribution in [2.24, 2.45) is 5.73 Å². The highest BCUT2D eigenvalue weighted by atomic mass is 19.1. The van der Waals surface area contributed by atoms with E-state index < -0.39 is 23.1 Å². The monoisotopic (exact) mass is 240 g/mol. The summed E-state index contributed by atoms with van der Waals surface area (Å²) < 4.78 is 26.3. The Morgan fingerprint density at radius 2 is 1.88 bits per heavy atom. The highest BCUT2D eigenvalue weighted by Gasteiger charge is 2.39. The molecule has 1 aliphatic carbocycles. The molecule has 17 heavy (non-hydrogen) atoms. The summed E-state index contributed by atoms with van der Waals surface area (Å²) in [6, 6.07) is 3.22. The van der Waals surface area contributed by atoms with Crippen LogP contribution in [0.3, 0.4) is 0 Å². The summed E-state index contributed by atoms with van der Waals surface area (Å²) in [5.74, 6) is -2.08. The number of rotatable bonds is 4. The van der Waals surface area contributed by atoms with Gasteiger partial charge in [0.25, 0.3) is 0 Å². The van der Waals surface area contributed by atoms with Crippen LogP contribution in [0.2, 0.25) is 0 Å². The molecule has 1 atom stereocenters. The van der Waals surface area contributed by atoms with Gasteiger partial charge in [0.15, 0.2) is 0 Å². The lowest BCUT2D eigenvalue weighted by molar-refractivity contribution is -0.124. The molecule has 1 unspecified atom stereocenters. The molecule has 2 rings (SSSR count). The van der Waals surface area contributed by atoms with E-state index in [9.17, 15) is 13.6 Å². The van der Waals surface area contributed by atoms with Gasteiger partial charge < -0.3 is 5.73 Å². The van der Waals surface area contributed by atoms with Gasteiger partial charge in [0.2, 0.25) is 5.91 Å². The zero-order chi connectivity index (χ0) is 12.6. The number of nitrogens with two attached hydrogens (primary N) is 1. The van der Waals surface area contributed by atoms with E-state index in [0.29, 0.717) is 0 Å². The average molecular weight is 240 g/mol. The topological polar surface area (TPSA) is 55.1 Å². The van der Waals surface area contributed by atoms with Gasteiger partial charge in [-0.3, -0.25) is 10.1 Å². The van der Waals surface area contributed by atoms with E-state index in [1.807, 2.05) is 0 Å². The van der Waals surface area contributed by atoms with Crippen LogP contribution in [0.1, 0.15) is 25.3 Å². The molecule has 0 aliphatic heterocycles. The van der Waals surface area contributed by atoms with Gasteiger partial charge in [0.05, 0.1) is 0 Å². The third-order valence-electron chi connectivity index (χ3n) is 3.00. The predicted octanol–water partition coefficient (Wildman–Crippen LogP) is 1.42. The molecule has 0 bridgehead atoms. The fourth-order valence-electron chi connectivity index (χ4n) is 1.78. The van der Waals surface area contributed by atoms with Gasteiger partial charge >= 0.3 is 0 Å². The van der Waals surface area contributed by atoms with Crippen LogP contribution in [0.25, 0.3) is 0 Å². The third-order valence-corrected chi connectivity index (χ3v) is 3.00. The van der Waals surface area contributed by atoms with Gasteiger partial charge in [-0.1, -0.05) is 0 Å². The van der Waals surface area contributed by atoms with Crippen LogP contribution in [0.15, 0.2) is 18.2 Å². The van der Waals surface area contributed by atoms with Crippen LogP contribution in [0.5, 0.6) is 0 Å². The first-order valence-corrected chi connectivity index (χ1v) is 5.46. The minimum absolute atomic E-state index is 0.193. The maximum atomic E-state index is 13.2. The van der Waals surface area contributed by atoms with Crippen molar-refractivity contribution in [1.29, 1.82) is 0 Å². The van der Waals surface area contributed by atoms with E-state index in [-0.39, 0.29) is 11.6 Å². The van der Waals surface area contributed by atoms with Gasteiger partial charge in [-0.05, 0) is 37.5 Å². The average Bonchev–Trinajstić information content (AvgIpc) is 2.99. The molecule has 0 saturated heterocycles. The summed E-state index contributed by atoms with van der Waals surface area (Å²) in [6.45, 7) is 1.54. The molecular formula is C12H14F2N2O. The Balaban J connectivity index is 2.40. The quantitative estimate of drug-likeness (QED) is 0.836. The van der Waals surface area contributed by atoms with Crippen molar-refractivity contribution in [1.82, 2.24) is 5.32 Å². The Labute approximate surface area is 98.0 Å². The summed E-state index contributed by atoms with van der Waals surface area (Å²) in [6.07, 6.45) is 1.89. The number of carbonyl (C=O) groups excluding carboxylic acids is 1. The van der Waals surface area contributed by atoms with Crippen molar-refractivity contribution in [2.45, 2.75) is 31.3 Å². The lowest BCUT2D eigenvalue weighted by Crippen LogP contribution is -2.51. The van der Waals surface area contributed by atoms with Crippen molar-refractivity contribution in [3.05, 3.63) is 35.4 Å². The molecule has 3 N–H and O–H groups in total. The highest BCUT2D eigenvalue weighted by Crippen LogP contribution is 2.29. The van der Waals surface area contributed by atoms with Crippen molar-refractivity contribution < 1.29 is 13.6 Å². The smallest absolute Gasteiger partial charge is 0.242 e. The van der Waals surface area contributed by atoms with Crippen LogP contribution < -0.4 is 11.1 Å². The Morgan fingerprint density at radius 1 is 1.35 bits per heavy atom. The second-order valence-corrected chi connectivity index (χ2v) is 4.57. The molecule has 1 amide bonds. The maximum absolute atomic E-state index is 13.2. The fourth-order valence-corrected chi connectivity index (χ4v) is 1.78. The second-order valence-electron chi connectivity index (χ2n) is 4.57. The number of halogens is 2. The molecule has 5 heteroatoms. The van der Waals surface area contributed by atoms with Crippen LogP contribution in [-0.4, -0.2) is 11.9 Å². The molecule has 0 aromatic heterocycles. The summed E-state index contributed by atoms with van der Waals surface area (Å²) in [5.41, 5.74) is 4.32. The molecule has 1 saturated carbocycles. The Bertz CT molecular complexity index is 440. The van der Waals surface area contributed by atoms with Crippen LogP contribution in [-0.2, 0) is 10.3 Å². The number of carbonyl (C=O) groups is 1. The lowest BCUT2D eigenvalue weighted by Gasteiger charge is -2.28. The number of benzene rings is 1. The molecular weight excluding hydrogens is 226 g/mol. The molecule has 0 spiro atoms. The fraction of sp³-hybridized carbons (Fsp3) is 0.417. The molecule has 1 aliphatic rings. The number of nitrogens with one attached hydrogen (secondary N) is 1. The molecule has 3 nitrogen and oxygen atoms in total. The van der Waals surface area contributed by atoms with Crippen LogP contribution in [0, 0.1) is 11.6 Å². The van der Waals surface area contributed by atoms with Gasteiger partial charge in [-0.2, -0.15) is 0 Å². The zero-order valence-electron chi connectivity index (χ0n) is 9.47. The van der Waals surface area contributed by atoms with E-state index in [2.05, 4.69) is 5.32 Å². The standard InChI is InChI=1S/C12H14F2N2O/c1-12(11(15)17,16-10-2-3-10)7-4-8(13)6-9(14)5-7/h4-6,10,16H,2-3H2,1H3,(H2,15,17). The lowest BCUT2D eigenvalue weighted by atomic mass is 9.91. The molecule has 0 radical (unpaired) electrons. The zero-order valence-corrected chi connectivity index (χ0v) is 9.47. The Morgan fingerprint density at radius 3 is 2.29 bits per heavy atom. The van der Waals surface area contributed by atoms with Crippen LogP contribution in [0.4, 0.5) is 8.78 Å². The highest BCUT2D eigenvalue weighted by molar-refractivity contribution is 5.85. The van der Waals surface area contributed by atoms with Gasteiger partial charge in [0.1, 0.15) is 17.2 Å². The molecule has 1 aromatic rings. The van der Waals surface area contributed by atoms with Crippen molar-refractivity contribution >= 4 is 5.91 Å². The first-order valence-electron chi connectivity index (χ1n) is 5.46. The summed E-state index contributed by atoms with van der Waals surface area (Å²) in [4.78, 5) is 11.5. The largest absolute Gasteiger partial charge is 0.368 e. The molecule has 1 fully saturated rings. The Hall–Kier alpha value is -1.49. The van der Waals surface area contributed by atoms with Gasteiger partial charge in [0, 0.05) is 12.1 Å². The molecule has 92 valence electrons. The van der Waals surface area contributed by atoms with Crippen molar-refractivity contribution in [2.75, 3.05) is 0 Å². The second kappa shape index (κ2) is 4.07. The van der Waals surface area contributed by atoms with Crippen molar-refractivity contribution in [3.8, 4) is 0 Å². The molecule has 0 heterocycles. The van der Waals surface area contributed by atoms with Gasteiger partial charge in [-0.15, -0.1) is 0 Å². The molecule has 1 aromatic carbocycles. The first-order chi connectivity index (χ1) is 7.91. The van der Waals surface area contributed by atoms with Crippen LogP contribution >= 0.6 is 0 Å². The minimum atomic E-state index is -1.23. The SMILES string of the molecule is CC(NC1CC1)(C(N)=O)c1cc(F)cc(F)c1. The van der Waals surface area contributed by atoms with E-state index in [1.165, 1.54) is 0 Å².